The molecule has 4 heterocycles. The zero-order chi connectivity index (χ0) is 25.1. The highest BCUT2D eigenvalue weighted by molar-refractivity contribution is 7.13. The molecule has 0 aromatic carbocycles. The molecule has 0 spiro atoms. The Hall–Kier alpha value is -2.06. The van der Waals surface area contributed by atoms with E-state index in [1.54, 1.807) is 0 Å². The van der Waals surface area contributed by atoms with Crippen LogP contribution in [-0.2, 0) is 21.7 Å². The Morgan fingerprint density at radius 3 is 1.65 bits per heavy atom. The molecule has 0 saturated carbocycles. The van der Waals surface area contributed by atoms with Crippen LogP contribution in [0.4, 0.5) is 0 Å². The van der Waals surface area contributed by atoms with Crippen LogP contribution >= 0.6 is 23.1 Å². The highest BCUT2D eigenvalue weighted by atomic mass is 32.1. The molecule has 0 fully saturated rings. The van der Waals surface area contributed by atoms with Crippen molar-refractivity contribution in [2.75, 3.05) is 0 Å². The molecular weight excluding hydrogens is 460 g/mol. The van der Waals surface area contributed by atoms with Crippen molar-refractivity contribution in [2.24, 2.45) is 0 Å². The SMILES string of the molecule is CC(C)(C)c1ncc(C(C)(C)CCC(C)(C)c2cnc(C(C)(C)C)c3snnc23)c2snnc12. The lowest BCUT2D eigenvalue weighted by atomic mass is 9.73. The second-order valence-electron chi connectivity index (χ2n) is 12.7. The van der Waals surface area contributed by atoms with Crippen molar-refractivity contribution in [3.8, 4) is 0 Å². The molecule has 0 N–H and O–H groups in total. The number of aromatic nitrogens is 6. The summed E-state index contributed by atoms with van der Waals surface area (Å²) in [5.41, 5.74) is 6.13. The molecule has 0 aliphatic carbocycles. The molecule has 6 nitrogen and oxygen atoms in total. The molecule has 0 unspecified atom stereocenters. The van der Waals surface area contributed by atoms with E-state index in [0.717, 1.165) is 44.7 Å². The molecule has 0 aliphatic heterocycles. The topological polar surface area (TPSA) is 77.3 Å². The third-order valence-electron chi connectivity index (χ3n) is 6.81. The first-order valence-electron chi connectivity index (χ1n) is 11.9. The summed E-state index contributed by atoms with van der Waals surface area (Å²) in [6, 6.07) is 0. The molecule has 182 valence electrons. The van der Waals surface area contributed by atoms with Crippen molar-refractivity contribution in [3.63, 3.8) is 0 Å². The summed E-state index contributed by atoms with van der Waals surface area (Å²) in [5.74, 6) is 0. The summed E-state index contributed by atoms with van der Waals surface area (Å²) in [4.78, 5) is 9.75. The lowest BCUT2D eigenvalue weighted by Gasteiger charge is -2.32. The Morgan fingerprint density at radius 1 is 0.588 bits per heavy atom. The van der Waals surface area contributed by atoms with Gasteiger partial charge in [0, 0.05) is 28.8 Å². The van der Waals surface area contributed by atoms with Crippen LogP contribution in [0.15, 0.2) is 12.4 Å². The smallest absolute Gasteiger partial charge is 0.128 e. The van der Waals surface area contributed by atoms with E-state index < -0.39 is 0 Å². The molecule has 0 radical (unpaired) electrons. The molecule has 0 aliphatic rings. The van der Waals surface area contributed by atoms with Gasteiger partial charge in [-0.2, -0.15) is 0 Å². The fourth-order valence-electron chi connectivity index (χ4n) is 4.50. The van der Waals surface area contributed by atoms with E-state index in [2.05, 4.69) is 94.6 Å². The Labute approximate surface area is 211 Å². The van der Waals surface area contributed by atoms with Crippen molar-refractivity contribution >= 4 is 43.5 Å². The highest BCUT2D eigenvalue weighted by Gasteiger charge is 2.33. The van der Waals surface area contributed by atoms with Crippen LogP contribution in [0.3, 0.4) is 0 Å². The van der Waals surface area contributed by atoms with Crippen LogP contribution in [0.1, 0.15) is 105 Å². The highest BCUT2D eigenvalue weighted by Crippen LogP contribution is 2.42. The number of hydrogen-bond donors (Lipinski definition) is 0. The van der Waals surface area contributed by atoms with E-state index in [1.165, 1.54) is 34.2 Å². The first-order valence-corrected chi connectivity index (χ1v) is 13.4. The molecule has 4 aromatic rings. The van der Waals surface area contributed by atoms with Gasteiger partial charge in [-0.05, 0) is 52.3 Å². The van der Waals surface area contributed by atoms with Crippen LogP contribution < -0.4 is 0 Å². The number of pyridine rings is 2. The number of hydrogen-bond acceptors (Lipinski definition) is 8. The summed E-state index contributed by atoms with van der Waals surface area (Å²) >= 11 is 2.93. The van der Waals surface area contributed by atoms with Crippen LogP contribution in [0.2, 0.25) is 0 Å². The van der Waals surface area contributed by atoms with Gasteiger partial charge in [0.05, 0.1) is 20.8 Å². The Morgan fingerprint density at radius 2 is 1.06 bits per heavy atom. The summed E-state index contributed by atoms with van der Waals surface area (Å²) in [5, 5.41) is 8.99. The van der Waals surface area contributed by atoms with Crippen LogP contribution in [0.5, 0.6) is 0 Å². The van der Waals surface area contributed by atoms with Gasteiger partial charge >= 0.3 is 0 Å². The average Bonchev–Trinajstić information content (AvgIpc) is 3.38. The molecule has 0 amide bonds. The molecule has 0 bridgehead atoms. The average molecular weight is 497 g/mol. The van der Waals surface area contributed by atoms with Crippen LogP contribution in [0.25, 0.3) is 20.4 Å². The van der Waals surface area contributed by atoms with Gasteiger partial charge in [-0.15, -0.1) is 10.2 Å². The van der Waals surface area contributed by atoms with E-state index in [1.807, 2.05) is 6.20 Å². The van der Waals surface area contributed by atoms with Gasteiger partial charge < -0.3 is 0 Å². The number of rotatable bonds is 5. The minimum atomic E-state index is -0.0987. The lowest BCUT2D eigenvalue weighted by molar-refractivity contribution is 0.376. The summed E-state index contributed by atoms with van der Waals surface area (Å²) in [6.07, 6.45) is 6.06. The summed E-state index contributed by atoms with van der Waals surface area (Å²) in [7, 11) is 0. The van der Waals surface area contributed by atoms with E-state index >= 15 is 0 Å². The second-order valence-corrected chi connectivity index (χ2v) is 14.2. The zero-order valence-corrected chi connectivity index (χ0v) is 23.7. The van der Waals surface area contributed by atoms with E-state index in [-0.39, 0.29) is 21.7 Å². The first-order chi connectivity index (χ1) is 15.6. The summed E-state index contributed by atoms with van der Waals surface area (Å²) < 4.78 is 10.9. The maximum Gasteiger partial charge on any atom is 0.128 e. The quantitative estimate of drug-likeness (QED) is 0.293. The monoisotopic (exact) mass is 496 g/mol. The molecule has 0 atom stereocenters. The molecule has 0 saturated heterocycles. The normalized spacial score (nSPS) is 13.8. The van der Waals surface area contributed by atoms with Crippen LogP contribution in [0, 0.1) is 0 Å². The van der Waals surface area contributed by atoms with Gasteiger partial charge in [0.15, 0.2) is 0 Å². The standard InChI is InChI=1S/C26H36N6S2/c1-23(2,3)21-18-19(33-32-30-18)16(14-27-21)26(9,10)12-11-25(7,8)15-13-28-22(24(4,5)6)20-17(15)29-31-34-20/h13-14H,11-12H2,1-10H3. The van der Waals surface area contributed by atoms with Crippen molar-refractivity contribution in [1.82, 2.24) is 29.1 Å². The van der Waals surface area contributed by atoms with Gasteiger partial charge in [0.25, 0.3) is 0 Å². The lowest BCUT2D eigenvalue weighted by Crippen LogP contribution is -2.26. The van der Waals surface area contributed by atoms with Gasteiger partial charge in [-0.25, -0.2) is 0 Å². The zero-order valence-electron chi connectivity index (χ0n) is 22.1. The van der Waals surface area contributed by atoms with E-state index in [0.29, 0.717) is 0 Å². The number of nitrogens with zero attached hydrogens (tertiary/aromatic N) is 6. The second kappa shape index (κ2) is 8.26. The first kappa shape index (κ1) is 25.0. The van der Waals surface area contributed by atoms with E-state index in [9.17, 15) is 0 Å². The van der Waals surface area contributed by atoms with Gasteiger partial charge in [0.1, 0.15) is 11.0 Å². The largest absolute Gasteiger partial charge is 0.259 e. The predicted octanol–water partition coefficient (Wildman–Crippen LogP) is 7.12. The fraction of sp³-hybridized carbons (Fsp3) is 0.615. The van der Waals surface area contributed by atoms with Gasteiger partial charge in [-0.3, -0.25) is 9.97 Å². The fourth-order valence-corrected chi connectivity index (χ4v) is 6.24. The molecular formula is C26H36N6S2. The van der Waals surface area contributed by atoms with Crippen molar-refractivity contribution in [1.29, 1.82) is 0 Å². The van der Waals surface area contributed by atoms with Crippen molar-refractivity contribution < 1.29 is 0 Å². The Kier molecular flexibility index (Phi) is 6.09. The maximum atomic E-state index is 4.89. The van der Waals surface area contributed by atoms with E-state index in [4.69, 9.17) is 9.97 Å². The predicted molar refractivity (Wildman–Crippen MR) is 143 cm³/mol. The third kappa shape index (κ3) is 4.47. The molecule has 4 aromatic heterocycles. The Bertz CT molecular complexity index is 1230. The Balaban J connectivity index is 1.66. The molecule has 34 heavy (non-hydrogen) atoms. The number of fused-ring (bicyclic) bond motifs is 2. The maximum absolute atomic E-state index is 4.89. The van der Waals surface area contributed by atoms with Crippen LogP contribution in [-0.4, -0.2) is 29.1 Å². The summed E-state index contributed by atoms with van der Waals surface area (Å²) in [6.45, 7) is 22.3. The molecule has 8 heteroatoms. The third-order valence-corrected chi connectivity index (χ3v) is 8.31. The molecule has 4 rings (SSSR count). The minimum absolute atomic E-state index is 0.0442. The van der Waals surface area contributed by atoms with Gasteiger partial charge in [0.2, 0.25) is 0 Å². The minimum Gasteiger partial charge on any atom is -0.259 e. The van der Waals surface area contributed by atoms with Crippen molar-refractivity contribution in [2.45, 2.75) is 104 Å². The van der Waals surface area contributed by atoms with Gasteiger partial charge in [-0.1, -0.05) is 78.2 Å². The van der Waals surface area contributed by atoms with Crippen molar-refractivity contribution in [3.05, 3.63) is 34.9 Å².